The Balaban J connectivity index is 1.78. The van der Waals surface area contributed by atoms with E-state index in [9.17, 15) is 13.2 Å². The predicted octanol–water partition coefficient (Wildman–Crippen LogP) is 3.44. The molecule has 0 aliphatic heterocycles. The molecule has 0 saturated heterocycles. The van der Waals surface area contributed by atoms with Gasteiger partial charge in [0, 0.05) is 38.2 Å². The molecule has 3 rings (SSSR count). The predicted molar refractivity (Wildman–Crippen MR) is 90.3 cm³/mol. The zero-order valence-electron chi connectivity index (χ0n) is 14.6. The maximum Gasteiger partial charge on any atom is 0.421 e. The Labute approximate surface area is 149 Å². The number of halogens is 3. The SMILES string of the molecule is COCCCn1cc(Nc2nc(NC3(C)CC3)ncc2C(F)(F)F)cn1. The fraction of sp³-hybridized carbons (Fsp3) is 0.562. The lowest BCUT2D eigenvalue weighted by molar-refractivity contribution is -0.137. The van der Waals surface area contributed by atoms with Gasteiger partial charge in [-0.25, -0.2) is 4.98 Å². The topological polar surface area (TPSA) is 76.9 Å². The molecule has 10 heteroatoms. The highest BCUT2D eigenvalue weighted by molar-refractivity contribution is 5.60. The molecule has 2 N–H and O–H groups in total. The van der Waals surface area contributed by atoms with Gasteiger partial charge in [0.25, 0.3) is 0 Å². The van der Waals surface area contributed by atoms with Crippen LogP contribution in [-0.2, 0) is 17.5 Å². The molecule has 0 unspecified atom stereocenters. The van der Waals surface area contributed by atoms with E-state index in [4.69, 9.17) is 4.74 Å². The van der Waals surface area contributed by atoms with Crippen molar-refractivity contribution in [1.82, 2.24) is 19.7 Å². The lowest BCUT2D eigenvalue weighted by atomic mass is 10.3. The highest BCUT2D eigenvalue weighted by Gasteiger charge is 2.39. The first-order valence-corrected chi connectivity index (χ1v) is 8.30. The third-order valence-electron chi connectivity index (χ3n) is 4.14. The lowest BCUT2D eigenvalue weighted by Crippen LogP contribution is -2.20. The summed E-state index contributed by atoms with van der Waals surface area (Å²) in [5, 5.41) is 9.91. The summed E-state index contributed by atoms with van der Waals surface area (Å²) in [6, 6.07) is 0. The van der Waals surface area contributed by atoms with Crippen molar-refractivity contribution in [2.24, 2.45) is 0 Å². The van der Waals surface area contributed by atoms with Crippen molar-refractivity contribution in [1.29, 1.82) is 0 Å². The Morgan fingerprint density at radius 3 is 2.73 bits per heavy atom. The number of ether oxygens (including phenoxy) is 1. The quantitative estimate of drug-likeness (QED) is 0.694. The van der Waals surface area contributed by atoms with E-state index < -0.39 is 11.7 Å². The molecule has 26 heavy (non-hydrogen) atoms. The van der Waals surface area contributed by atoms with Gasteiger partial charge in [-0.3, -0.25) is 4.68 Å². The second kappa shape index (κ2) is 7.10. The van der Waals surface area contributed by atoms with Crippen molar-refractivity contribution in [2.45, 2.75) is 44.4 Å². The second-order valence-electron chi connectivity index (χ2n) is 6.60. The first kappa shape index (κ1) is 18.4. The normalized spacial score (nSPS) is 15.7. The Hall–Kier alpha value is -2.36. The van der Waals surface area contributed by atoms with Crippen molar-refractivity contribution >= 4 is 17.5 Å². The summed E-state index contributed by atoms with van der Waals surface area (Å²) in [5.41, 5.74) is -0.630. The Morgan fingerprint density at radius 2 is 2.08 bits per heavy atom. The van der Waals surface area contributed by atoms with Crippen LogP contribution < -0.4 is 10.6 Å². The molecule has 1 saturated carbocycles. The second-order valence-corrected chi connectivity index (χ2v) is 6.60. The van der Waals surface area contributed by atoms with Crippen LogP contribution in [-0.4, -0.2) is 39.0 Å². The molecule has 0 amide bonds. The molecule has 0 spiro atoms. The third-order valence-corrected chi connectivity index (χ3v) is 4.14. The number of aryl methyl sites for hydroxylation is 1. The molecule has 7 nitrogen and oxygen atoms in total. The number of hydrogen-bond acceptors (Lipinski definition) is 6. The molecule has 2 aromatic heterocycles. The molecule has 1 fully saturated rings. The first-order valence-electron chi connectivity index (χ1n) is 8.30. The van der Waals surface area contributed by atoms with Gasteiger partial charge >= 0.3 is 6.18 Å². The van der Waals surface area contributed by atoms with Crippen molar-refractivity contribution in [3.63, 3.8) is 0 Å². The smallest absolute Gasteiger partial charge is 0.385 e. The van der Waals surface area contributed by atoms with E-state index in [1.54, 1.807) is 18.0 Å². The van der Waals surface area contributed by atoms with E-state index in [-0.39, 0.29) is 17.3 Å². The summed E-state index contributed by atoms with van der Waals surface area (Å²) >= 11 is 0. The summed E-state index contributed by atoms with van der Waals surface area (Å²) < 4.78 is 46.4. The van der Waals surface area contributed by atoms with Crippen molar-refractivity contribution in [3.8, 4) is 0 Å². The number of hydrogen-bond donors (Lipinski definition) is 2. The average molecular weight is 370 g/mol. The van der Waals surface area contributed by atoms with E-state index in [1.165, 1.54) is 6.20 Å². The maximum atomic E-state index is 13.3. The number of nitrogens with one attached hydrogen (secondary N) is 2. The fourth-order valence-corrected chi connectivity index (χ4v) is 2.39. The summed E-state index contributed by atoms with van der Waals surface area (Å²) in [5.74, 6) is -0.122. The van der Waals surface area contributed by atoms with E-state index in [0.717, 1.165) is 25.5 Å². The monoisotopic (exact) mass is 370 g/mol. The van der Waals surface area contributed by atoms with Crippen LogP contribution in [0.2, 0.25) is 0 Å². The minimum absolute atomic E-state index is 0.136. The third kappa shape index (κ3) is 4.63. The van der Waals surface area contributed by atoms with Gasteiger partial charge in [-0.05, 0) is 26.2 Å². The minimum Gasteiger partial charge on any atom is -0.385 e. The van der Waals surface area contributed by atoms with Gasteiger partial charge in [0.05, 0.1) is 11.9 Å². The van der Waals surface area contributed by atoms with Crippen LogP contribution in [0.3, 0.4) is 0 Å². The molecule has 0 aromatic carbocycles. The van der Waals surface area contributed by atoms with E-state index in [1.807, 2.05) is 6.92 Å². The minimum atomic E-state index is -4.56. The molecule has 0 atom stereocenters. The van der Waals surface area contributed by atoms with Crippen LogP contribution in [0.5, 0.6) is 0 Å². The summed E-state index contributed by atoms with van der Waals surface area (Å²) in [6.45, 7) is 3.17. The van der Waals surface area contributed by atoms with Gasteiger partial charge in [0.2, 0.25) is 5.95 Å². The zero-order valence-corrected chi connectivity index (χ0v) is 14.6. The Morgan fingerprint density at radius 1 is 1.31 bits per heavy atom. The Kier molecular flexibility index (Phi) is 5.03. The van der Waals surface area contributed by atoms with Gasteiger partial charge in [0.15, 0.2) is 0 Å². The van der Waals surface area contributed by atoms with Crippen LogP contribution >= 0.6 is 0 Å². The number of nitrogens with zero attached hydrogens (tertiary/aromatic N) is 4. The van der Waals surface area contributed by atoms with Gasteiger partial charge in [-0.15, -0.1) is 0 Å². The van der Waals surface area contributed by atoms with Crippen LogP contribution in [0.1, 0.15) is 31.7 Å². The van der Waals surface area contributed by atoms with Gasteiger partial charge < -0.3 is 15.4 Å². The van der Waals surface area contributed by atoms with Gasteiger partial charge in [-0.1, -0.05) is 0 Å². The number of methoxy groups -OCH3 is 1. The number of alkyl halides is 3. The molecule has 1 aliphatic rings. The number of aromatic nitrogens is 4. The van der Waals surface area contributed by atoms with Crippen LogP contribution in [0, 0.1) is 0 Å². The highest BCUT2D eigenvalue weighted by atomic mass is 19.4. The number of rotatable bonds is 8. The van der Waals surface area contributed by atoms with Crippen molar-refractivity contribution in [3.05, 3.63) is 24.2 Å². The summed E-state index contributed by atoms with van der Waals surface area (Å²) in [4.78, 5) is 7.85. The molecule has 2 aromatic rings. The summed E-state index contributed by atoms with van der Waals surface area (Å²) in [6.07, 6.45) is 1.97. The molecular weight excluding hydrogens is 349 g/mol. The molecule has 1 aliphatic carbocycles. The van der Waals surface area contributed by atoms with E-state index in [0.29, 0.717) is 18.8 Å². The fourth-order valence-electron chi connectivity index (χ4n) is 2.39. The maximum absolute atomic E-state index is 13.3. The molecule has 142 valence electrons. The largest absolute Gasteiger partial charge is 0.421 e. The van der Waals surface area contributed by atoms with Crippen LogP contribution in [0.4, 0.5) is 30.6 Å². The van der Waals surface area contributed by atoms with Crippen LogP contribution in [0.15, 0.2) is 18.6 Å². The average Bonchev–Trinajstić information content (AvgIpc) is 3.11. The molecule has 2 heterocycles. The van der Waals surface area contributed by atoms with Crippen molar-refractivity contribution in [2.75, 3.05) is 24.4 Å². The number of anilines is 3. The molecular formula is C16H21F3N6O. The van der Waals surface area contributed by atoms with Crippen LogP contribution in [0.25, 0.3) is 0 Å². The summed E-state index contributed by atoms with van der Waals surface area (Å²) in [7, 11) is 1.61. The molecule has 0 bridgehead atoms. The first-order chi connectivity index (χ1) is 12.3. The van der Waals surface area contributed by atoms with E-state index in [2.05, 4.69) is 25.7 Å². The standard InChI is InChI=1S/C16H21F3N6O/c1-15(4-5-15)24-14-20-9-12(16(17,18)19)13(23-14)22-11-8-21-25(10-11)6-3-7-26-2/h8-10H,3-7H2,1-2H3,(H2,20,22,23,24). The van der Waals surface area contributed by atoms with E-state index >= 15 is 0 Å². The van der Waals surface area contributed by atoms with Gasteiger partial charge in [0.1, 0.15) is 11.4 Å². The molecule has 0 radical (unpaired) electrons. The Bertz CT molecular complexity index is 757. The lowest BCUT2D eigenvalue weighted by Gasteiger charge is -2.16. The highest BCUT2D eigenvalue weighted by Crippen LogP contribution is 2.39. The zero-order chi connectivity index (χ0) is 18.8. The van der Waals surface area contributed by atoms with Gasteiger partial charge in [-0.2, -0.15) is 23.3 Å². The van der Waals surface area contributed by atoms with Crippen molar-refractivity contribution < 1.29 is 17.9 Å².